The number of benzene rings is 1. The second-order valence-corrected chi connectivity index (χ2v) is 8.04. The van der Waals surface area contributed by atoms with E-state index in [0.29, 0.717) is 6.42 Å². The van der Waals surface area contributed by atoms with Gasteiger partial charge in [0, 0.05) is 6.08 Å². The highest BCUT2D eigenvalue weighted by Crippen LogP contribution is 2.17. The van der Waals surface area contributed by atoms with Gasteiger partial charge in [0.25, 0.3) is 0 Å². The van der Waals surface area contributed by atoms with Gasteiger partial charge in [-0.25, -0.2) is 9.59 Å². The predicted molar refractivity (Wildman–Crippen MR) is 132 cm³/mol. The number of unbranched alkanes of at least 4 members (excludes halogenated alkanes) is 6. The van der Waals surface area contributed by atoms with E-state index in [1.165, 1.54) is 44.6 Å². The number of hydrogen-bond donors (Lipinski definition) is 2. The third kappa shape index (κ3) is 14.2. The van der Waals surface area contributed by atoms with Crippen LogP contribution in [0.5, 0.6) is 0 Å². The first kappa shape index (κ1) is 27.2. The second kappa shape index (κ2) is 17.8. The summed E-state index contributed by atoms with van der Waals surface area (Å²) in [4.78, 5) is 21.7. The SMILES string of the molecule is CCCCCCCCC=CC=CC=CC(CCC=CC(=O)O)Cc1ccc(C(=O)O)cc1. The molecule has 0 aliphatic heterocycles. The lowest BCUT2D eigenvalue weighted by Gasteiger charge is -2.12. The molecule has 2 N–H and O–H groups in total. The topological polar surface area (TPSA) is 74.6 Å². The number of carboxylic acid groups (broad SMARTS) is 2. The molecule has 0 fully saturated rings. The first-order valence-electron chi connectivity index (χ1n) is 11.7. The summed E-state index contributed by atoms with van der Waals surface area (Å²) in [5, 5.41) is 17.8. The van der Waals surface area contributed by atoms with Gasteiger partial charge in [0.2, 0.25) is 0 Å². The van der Waals surface area contributed by atoms with E-state index in [1.54, 1.807) is 18.2 Å². The van der Waals surface area contributed by atoms with E-state index in [0.717, 1.165) is 24.8 Å². The average molecular weight is 439 g/mol. The summed E-state index contributed by atoms with van der Waals surface area (Å²) >= 11 is 0. The van der Waals surface area contributed by atoms with Crippen LogP contribution in [0.15, 0.2) is 72.9 Å². The molecule has 4 nitrogen and oxygen atoms in total. The maximum Gasteiger partial charge on any atom is 0.335 e. The van der Waals surface area contributed by atoms with Crippen LogP contribution in [0.1, 0.15) is 80.6 Å². The van der Waals surface area contributed by atoms with Crippen LogP contribution in [-0.2, 0) is 11.2 Å². The molecule has 1 rings (SSSR count). The van der Waals surface area contributed by atoms with Crippen molar-refractivity contribution in [3.63, 3.8) is 0 Å². The number of allylic oxidation sites excluding steroid dienone is 7. The molecule has 32 heavy (non-hydrogen) atoms. The highest BCUT2D eigenvalue weighted by molar-refractivity contribution is 5.87. The van der Waals surface area contributed by atoms with Crippen LogP contribution in [0.3, 0.4) is 0 Å². The molecule has 1 aromatic rings. The monoisotopic (exact) mass is 438 g/mol. The van der Waals surface area contributed by atoms with Crippen molar-refractivity contribution in [3.05, 3.63) is 84.0 Å². The zero-order valence-electron chi connectivity index (χ0n) is 19.3. The number of carboxylic acids is 2. The highest BCUT2D eigenvalue weighted by Gasteiger charge is 2.07. The van der Waals surface area contributed by atoms with Crippen LogP contribution in [0.4, 0.5) is 0 Å². The van der Waals surface area contributed by atoms with E-state index in [-0.39, 0.29) is 11.5 Å². The number of hydrogen-bond acceptors (Lipinski definition) is 2. The lowest BCUT2D eigenvalue weighted by molar-refractivity contribution is -0.131. The number of carbonyl (C=O) groups is 2. The van der Waals surface area contributed by atoms with Gasteiger partial charge >= 0.3 is 11.9 Å². The molecule has 0 radical (unpaired) electrons. The van der Waals surface area contributed by atoms with Gasteiger partial charge in [-0.2, -0.15) is 0 Å². The zero-order valence-corrected chi connectivity index (χ0v) is 19.3. The Morgan fingerprint density at radius 3 is 2.22 bits per heavy atom. The van der Waals surface area contributed by atoms with Crippen molar-refractivity contribution < 1.29 is 19.8 Å². The van der Waals surface area contributed by atoms with Crippen molar-refractivity contribution in [1.82, 2.24) is 0 Å². The van der Waals surface area contributed by atoms with Crippen LogP contribution in [0.2, 0.25) is 0 Å². The second-order valence-electron chi connectivity index (χ2n) is 8.04. The summed E-state index contributed by atoms with van der Waals surface area (Å²) in [5.41, 5.74) is 1.34. The van der Waals surface area contributed by atoms with Gasteiger partial charge in [-0.1, -0.05) is 93.7 Å². The maximum atomic E-state index is 11.0. The Morgan fingerprint density at radius 2 is 1.53 bits per heavy atom. The van der Waals surface area contributed by atoms with Gasteiger partial charge in [0.15, 0.2) is 0 Å². The molecule has 174 valence electrons. The number of aliphatic carboxylic acids is 1. The summed E-state index contributed by atoms with van der Waals surface area (Å²) in [6.07, 6.45) is 26.6. The Labute approximate surface area is 193 Å². The fourth-order valence-corrected chi connectivity index (χ4v) is 3.41. The van der Waals surface area contributed by atoms with Crippen LogP contribution in [0, 0.1) is 5.92 Å². The van der Waals surface area contributed by atoms with E-state index in [4.69, 9.17) is 10.2 Å². The minimum Gasteiger partial charge on any atom is -0.478 e. The van der Waals surface area contributed by atoms with Gasteiger partial charge < -0.3 is 10.2 Å². The molecule has 1 aromatic carbocycles. The van der Waals surface area contributed by atoms with Gasteiger partial charge in [-0.15, -0.1) is 0 Å². The smallest absolute Gasteiger partial charge is 0.335 e. The summed E-state index contributed by atoms with van der Waals surface area (Å²) in [7, 11) is 0. The molecule has 0 spiro atoms. The fourth-order valence-electron chi connectivity index (χ4n) is 3.41. The minimum absolute atomic E-state index is 0.237. The molecule has 0 aromatic heterocycles. The molecule has 0 heterocycles. The summed E-state index contributed by atoms with van der Waals surface area (Å²) in [6, 6.07) is 6.94. The largest absolute Gasteiger partial charge is 0.478 e. The number of rotatable bonds is 17. The Morgan fingerprint density at radius 1 is 0.844 bits per heavy atom. The standard InChI is InChI=1S/C28H38O4/c1-2-3-4-5-6-7-8-9-10-11-12-13-16-24(17-14-15-18-27(29)30)23-25-19-21-26(22-20-25)28(31)32/h9-13,15-16,18-22,24H,2-8,14,17,23H2,1H3,(H,29,30)(H,31,32). The molecule has 1 atom stereocenters. The summed E-state index contributed by atoms with van der Waals surface area (Å²) in [5.74, 6) is -1.63. The van der Waals surface area contributed by atoms with Crippen molar-refractivity contribution in [3.8, 4) is 0 Å². The van der Waals surface area contributed by atoms with E-state index in [9.17, 15) is 9.59 Å². The van der Waals surface area contributed by atoms with Crippen LogP contribution in [-0.4, -0.2) is 22.2 Å². The van der Waals surface area contributed by atoms with Gasteiger partial charge in [-0.05, 0) is 55.7 Å². The van der Waals surface area contributed by atoms with Crippen LogP contribution in [0.25, 0.3) is 0 Å². The molecular weight excluding hydrogens is 400 g/mol. The molecule has 0 bridgehead atoms. The third-order valence-corrected chi connectivity index (χ3v) is 5.24. The third-order valence-electron chi connectivity index (χ3n) is 5.24. The van der Waals surface area contributed by atoms with Crippen molar-refractivity contribution in [2.75, 3.05) is 0 Å². The quantitative estimate of drug-likeness (QED) is 0.151. The average Bonchev–Trinajstić information content (AvgIpc) is 2.77. The Hall–Kier alpha value is -2.88. The first-order valence-corrected chi connectivity index (χ1v) is 11.7. The van der Waals surface area contributed by atoms with Gasteiger partial charge in [-0.3, -0.25) is 0 Å². The Bertz CT molecular complexity index is 769. The molecule has 0 amide bonds. The Balaban J connectivity index is 2.51. The van der Waals surface area contributed by atoms with Gasteiger partial charge in [0.1, 0.15) is 0 Å². The zero-order chi connectivity index (χ0) is 23.4. The molecule has 1 unspecified atom stereocenters. The highest BCUT2D eigenvalue weighted by atomic mass is 16.4. The van der Waals surface area contributed by atoms with Crippen molar-refractivity contribution in [2.45, 2.75) is 71.1 Å². The molecular formula is C28H38O4. The minimum atomic E-state index is -0.933. The van der Waals surface area contributed by atoms with E-state index in [1.807, 2.05) is 30.4 Å². The lowest BCUT2D eigenvalue weighted by atomic mass is 9.93. The molecule has 4 heteroatoms. The van der Waals surface area contributed by atoms with Crippen molar-refractivity contribution in [1.29, 1.82) is 0 Å². The van der Waals surface area contributed by atoms with Crippen molar-refractivity contribution >= 4 is 11.9 Å². The van der Waals surface area contributed by atoms with E-state index in [2.05, 4.69) is 25.2 Å². The molecule has 0 saturated heterocycles. The van der Waals surface area contributed by atoms with Gasteiger partial charge in [0.05, 0.1) is 5.56 Å². The molecule has 0 aliphatic rings. The van der Waals surface area contributed by atoms with Crippen LogP contribution >= 0.6 is 0 Å². The predicted octanol–water partition coefficient (Wildman–Crippen LogP) is 7.38. The normalized spacial score (nSPS) is 13.0. The lowest BCUT2D eigenvalue weighted by Crippen LogP contribution is -2.02. The van der Waals surface area contributed by atoms with E-state index >= 15 is 0 Å². The molecule has 0 saturated carbocycles. The summed E-state index contributed by atoms with van der Waals surface area (Å²) in [6.45, 7) is 2.24. The van der Waals surface area contributed by atoms with Crippen molar-refractivity contribution in [2.24, 2.45) is 5.92 Å². The summed E-state index contributed by atoms with van der Waals surface area (Å²) < 4.78 is 0. The fraction of sp³-hybridized carbons (Fsp3) is 0.429. The first-order chi connectivity index (χ1) is 15.5. The van der Waals surface area contributed by atoms with Crippen LogP contribution < -0.4 is 0 Å². The Kier molecular flexibility index (Phi) is 15.1. The number of aromatic carboxylic acids is 1. The maximum absolute atomic E-state index is 11.0. The molecule has 0 aliphatic carbocycles. The van der Waals surface area contributed by atoms with E-state index < -0.39 is 11.9 Å².